The van der Waals surface area contributed by atoms with Crippen molar-refractivity contribution in [2.45, 2.75) is 19.8 Å². The topological polar surface area (TPSA) is 46.2 Å². The number of nitrogens with one attached hydrogen (secondary N) is 1. The standard InChI is InChI=1S/C4H10AtNO2S/c1-2-3-4-9(7,8)6-5/h6H,2-4H2,1H3. The summed E-state index contributed by atoms with van der Waals surface area (Å²) in [7, 11) is -2.91. The van der Waals surface area contributed by atoms with Gasteiger partial charge in [-0.3, -0.25) is 0 Å². The maximum atomic E-state index is 10.7. The molecule has 1 N–H and O–H groups in total. The molecule has 0 spiro atoms. The van der Waals surface area contributed by atoms with Crippen LogP contribution in [-0.4, -0.2) is 14.2 Å². The summed E-state index contributed by atoms with van der Waals surface area (Å²) in [6.45, 7) is 1.97. The molecule has 0 aromatic carbocycles. The Balaban J connectivity index is 3.61. The maximum absolute atomic E-state index is 10.7. The molecule has 0 aliphatic carbocycles. The molecule has 0 atom stereocenters. The first-order valence-corrected chi connectivity index (χ1v) is 5.84. The first-order chi connectivity index (χ1) is 4.12. The molecule has 0 aliphatic rings. The molecule has 0 heterocycles. The zero-order valence-electron chi connectivity index (χ0n) is 5.22. The second-order valence-electron chi connectivity index (χ2n) is 1.75. The Morgan fingerprint density at radius 3 is 2.44 bits per heavy atom. The predicted molar refractivity (Wildman–Crippen MR) is 31.8 cm³/mol. The number of unbranched alkanes of at least 4 members (excludes halogenated alkanes) is 1. The van der Waals surface area contributed by atoms with Gasteiger partial charge in [-0.05, 0) is 0 Å². The van der Waals surface area contributed by atoms with E-state index in [2.05, 4.69) is 2.67 Å². The molecule has 0 aliphatic heterocycles. The zero-order valence-corrected chi connectivity index (χ0v) is 8.98. The first-order valence-electron chi connectivity index (χ1n) is 2.72. The summed E-state index contributed by atoms with van der Waals surface area (Å²) in [5, 5.41) is 0. The average Bonchev–Trinajstić information content (AvgIpc) is 1.84. The van der Waals surface area contributed by atoms with E-state index < -0.39 is 10.0 Å². The van der Waals surface area contributed by atoms with Crippen molar-refractivity contribution in [3.63, 3.8) is 0 Å². The van der Waals surface area contributed by atoms with Gasteiger partial charge in [0, 0.05) is 0 Å². The third-order valence-electron chi connectivity index (χ3n) is 0.884. The fourth-order valence-electron chi connectivity index (χ4n) is 0.373. The van der Waals surface area contributed by atoms with Gasteiger partial charge in [-0.15, -0.1) is 0 Å². The fraction of sp³-hybridized carbons (Fsp3) is 1.00. The summed E-state index contributed by atoms with van der Waals surface area (Å²) in [6, 6.07) is 0. The van der Waals surface area contributed by atoms with Gasteiger partial charge in [0.2, 0.25) is 0 Å². The molecule has 9 heavy (non-hydrogen) atoms. The van der Waals surface area contributed by atoms with E-state index in [1.54, 1.807) is 0 Å². The van der Waals surface area contributed by atoms with Gasteiger partial charge in [0.1, 0.15) is 0 Å². The van der Waals surface area contributed by atoms with Crippen LogP contribution in [0.2, 0.25) is 0 Å². The van der Waals surface area contributed by atoms with Crippen LogP contribution in [0.5, 0.6) is 0 Å². The van der Waals surface area contributed by atoms with Crippen molar-refractivity contribution in [3.05, 3.63) is 0 Å². The number of sulfonamides is 1. The summed E-state index contributed by atoms with van der Waals surface area (Å²) in [5.74, 6) is 0.264. The molecule has 0 saturated carbocycles. The summed E-state index contributed by atoms with van der Waals surface area (Å²) in [6.07, 6.45) is 1.67. The number of hydrogen-bond donors (Lipinski definition) is 1. The molecular weight excluding hydrogens is 336 g/mol. The Kier molecular flexibility index (Phi) is 4.99. The minimum atomic E-state index is -2.91. The van der Waals surface area contributed by atoms with Crippen LogP contribution >= 0.6 is 0 Å². The van der Waals surface area contributed by atoms with Gasteiger partial charge in [0.25, 0.3) is 0 Å². The zero-order chi connectivity index (χ0) is 7.33. The Hall–Kier alpha value is 0.793. The van der Waals surface area contributed by atoms with Crippen molar-refractivity contribution in [1.82, 2.24) is 2.67 Å². The molecular formula is C4H10AtNO2S. The summed E-state index contributed by atoms with van der Waals surface area (Å²) in [4.78, 5) is 0. The molecule has 0 bridgehead atoms. The van der Waals surface area contributed by atoms with Crippen molar-refractivity contribution >= 4 is 10.0 Å². The molecule has 0 amide bonds. The van der Waals surface area contributed by atoms with Gasteiger partial charge in [-0.2, -0.15) is 0 Å². The number of hydrogen-bond acceptors (Lipinski definition) is 2. The van der Waals surface area contributed by atoms with Gasteiger partial charge >= 0.3 is 71.6 Å². The molecule has 0 radical (unpaired) electrons. The average molecular weight is 346 g/mol. The molecule has 56 valence electrons. The van der Waals surface area contributed by atoms with Gasteiger partial charge in [-0.25, -0.2) is 0 Å². The van der Waals surface area contributed by atoms with Crippen LogP contribution in [0.4, 0.5) is 0 Å². The van der Waals surface area contributed by atoms with Crippen molar-refractivity contribution < 1.29 is 33.4 Å². The van der Waals surface area contributed by atoms with Crippen LogP contribution in [0.15, 0.2) is 0 Å². The quantitative estimate of drug-likeness (QED) is 0.789. The normalized spacial score (nSPS) is 11.8. The molecule has 5 heteroatoms. The van der Waals surface area contributed by atoms with Crippen LogP contribution in [-0.2, 0) is 10.0 Å². The Morgan fingerprint density at radius 1 is 1.56 bits per heavy atom. The SMILES string of the molecule is CCCCS(=O)(=O)N[At]. The second-order valence-corrected chi connectivity index (χ2v) is 5.34. The van der Waals surface area contributed by atoms with Crippen molar-refractivity contribution in [3.8, 4) is 0 Å². The van der Waals surface area contributed by atoms with Crippen LogP contribution in [0, 0.1) is 25.0 Å². The van der Waals surface area contributed by atoms with Crippen molar-refractivity contribution in [2.24, 2.45) is 0 Å². The van der Waals surface area contributed by atoms with E-state index in [9.17, 15) is 8.42 Å². The molecule has 0 aromatic heterocycles. The van der Waals surface area contributed by atoms with E-state index in [0.717, 1.165) is 37.9 Å². The fourth-order valence-corrected chi connectivity index (χ4v) is 2.02. The van der Waals surface area contributed by atoms with Gasteiger partial charge in [0.15, 0.2) is 0 Å². The molecule has 0 unspecified atom stereocenters. The molecule has 3 nitrogen and oxygen atoms in total. The Bertz CT molecular complexity index is 154. The molecule has 0 saturated heterocycles. The van der Waals surface area contributed by atoms with Crippen molar-refractivity contribution in [1.29, 1.82) is 0 Å². The van der Waals surface area contributed by atoms with E-state index in [4.69, 9.17) is 0 Å². The van der Waals surface area contributed by atoms with E-state index >= 15 is 0 Å². The Morgan fingerprint density at radius 2 is 2.11 bits per heavy atom. The summed E-state index contributed by atoms with van der Waals surface area (Å²) >= 11 is 1.07. The second kappa shape index (κ2) is 4.58. The van der Waals surface area contributed by atoms with Gasteiger partial charge < -0.3 is 0 Å². The number of rotatable bonds is 4. The monoisotopic (exact) mass is 346 g/mol. The predicted octanol–water partition coefficient (Wildman–Crippen LogP) is 0.170. The summed E-state index contributed by atoms with van der Waals surface area (Å²) < 4.78 is 23.6. The van der Waals surface area contributed by atoms with Crippen LogP contribution in [0.25, 0.3) is 0 Å². The molecule has 0 fully saturated rings. The third-order valence-corrected chi connectivity index (χ3v) is 4.69. The van der Waals surface area contributed by atoms with E-state index in [-0.39, 0.29) is 5.75 Å². The van der Waals surface area contributed by atoms with Crippen LogP contribution in [0.3, 0.4) is 0 Å². The van der Waals surface area contributed by atoms with Crippen LogP contribution < -0.4 is 2.67 Å². The third kappa shape index (κ3) is 5.25. The first kappa shape index (κ1) is 9.79. The molecule has 0 rings (SSSR count). The van der Waals surface area contributed by atoms with Gasteiger partial charge in [0.05, 0.1) is 0 Å². The van der Waals surface area contributed by atoms with Crippen molar-refractivity contribution in [2.75, 3.05) is 5.75 Å². The molecule has 0 aromatic rings. The van der Waals surface area contributed by atoms with Crippen LogP contribution in [0.1, 0.15) is 19.8 Å². The Labute approximate surface area is 71.5 Å². The van der Waals surface area contributed by atoms with Gasteiger partial charge in [-0.1, -0.05) is 0 Å². The summed E-state index contributed by atoms with van der Waals surface area (Å²) in [5.41, 5.74) is 0. The van der Waals surface area contributed by atoms with E-state index in [1.165, 1.54) is 0 Å². The van der Waals surface area contributed by atoms with E-state index in [1.807, 2.05) is 6.92 Å². The van der Waals surface area contributed by atoms with E-state index in [0.29, 0.717) is 0 Å². The minimum absolute atomic E-state index is 0.264.